The van der Waals surface area contributed by atoms with Crippen molar-refractivity contribution < 1.29 is 8.42 Å². The normalized spacial score (nSPS) is 12.9. The van der Waals surface area contributed by atoms with Gasteiger partial charge in [-0.05, 0) is 18.3 Å². The summed E-state index contributed by atoms with van der Waals surface area (Å²) in [4.78, 5) is 3.86. The lowest BCUT2D eigenvalue weighted by Gasteiger charge is -2.24. The van der Waals surface area contributed by atoms with Gasteiger partial charge in [-0.2, -0.15) is 0 Å². The van der Waals surface area contributed by atoms with Crippen LogP contribution in [-0.4, -0.2) is 29.8 Å². The minimum Gasteiger partial charge on any atom is -0.339 e. The van der Waals surface area contributed by atoms with Gasteiger partial charge in [-0.25, -0.2) is 18.1 Å². The lowest BCUT2D eigenvalue weighted by Crippen LogP contribution is -2.34. The molecule has 0 saturated heterocycles. The zero-order chi connectivity index (χ0) is 13.8. The van der Waals surface area contributed by atoms with Gasteiger partial charge in [0.05, 0.1) is 6.33 Å². The second kappa shape index (κ2) is 6.16. The summed E-state index contributed by atoms with van der Waals surface area (Å²) >= 11 is 3.38. The predicted octanol–water partition coefficient (Wildman–Crippen LogP) is 1.90. The highest BCUT2D eigenvalue weighted by molar-refractivity contribution is 9.09. The number of aromatic nitrogens is 2. The Labute approximate surface area is 117 Å². The van der Waals surface area contributed by atoms with Gasteiger partial charge < -0.3 is 4.57 Å². The third kappa shape index (κ3) is 4.70. The number of alkyl halides is 1. The summed E-state index contributed by atoms with van der Waals surface area (Å²) < 4.78 is 28.2. The van der Waals surface area contributed by atoms with Crippen LogP contribution in [0.1, 0.15) is 26.7 Å². The summed E-state index contributed by atoms with van der Waals surface area (Å²) in [6.07, 6.45) is 4.96. The fourth-order valence-corrected chi connectivity index (χ4v) is 3.03. The lowest BCUT2D eigenvalue weighted by molar-refractivity contribution is 0.332. The fourth-order valence-electron chi connectivity index (χ4n) is 1.53. The standard InChI is InChI=1S/C11H20BrN3O2S/c1-11(2,5-4-6-12)8-14-18(16,17)10-7-15(3)9-13-10/h7,9,14H,4-6,8H2,1-3H3. The van der Waals surface area contributed by atoms with Gasteiger partial charge in [0.1, 0.15) is 0 Å². The second-order valence-corrected chi connectivity index (χ2v) is 7.67. The second-order valence-electron chi connectivity index (χ2n) is 5.16. The maximum Gasteiger partial charge on any atom is 0.259 e. The number of sulfonamides is 1. The molecule has 0 amide bonds. The molecule has 18 heavy (non-hydrogen) atoms. The number of hydrogen-bond acceptors (Lipinski definition) is 3. The third-order valence-electron chi connectivity index (χ3n) is 2.68. The van der Waals surface area contributed by atoms with E-state index >= 15 is 0 Å². The monoisotopic (exact) mass is 337 g/mol. The summed E-state index contributed by atoms with van der Waals surface area (Å²) in [6, 6.07) is 0. The van der Waals surface area contributed by atoms with Crippen LogP contribution in [0.15, 0.2) is 17.6 Å². The van der Waals surface area contributed by atoms with Crippen LogP contribution < -0.4 is 4.72 Å². The first kappa shape index (κ1) is 15.7. The van der Waals surface area contributed by atoms with E-state index < -0.39 is 10.0 Å². The SMILES string of the molecule is Cn1cnc(S(=O)(=O)NCC(C)(C)CCCBr)c1. The van der Waals surface area contributed by atoms with E-state index in [1.165, 1.54) is 12.5 Å². The Balaban J connectivity index is 2.62. The number of imidazole rings is 1. The highest BCUT2D eigenvalue weighted by Gasteiger charge is 2.23. The van der Waals surface area contributed by atoms with E-state index in [1.807, 2.05) is 0 Å². The Morgan fingerprint density at radius 1 is 1.50 bits per heavy atom. The molecule has 0 unspecified atom stereocenters. The highest BCUT2D eigenvalue weighted by Crippen LogP contribution is 2.22. The van der Waals surface area contributed by atoms with E-state index in [-0.39, 0.29) is 10.4 Å². The van der Waals surface area contributed by atoms with Gasteiger partial charge in [-0.15, -0.1) is 0 Å². The maximum atomic E-state index is 12.0. The van der Waals surface area contributed by atoms with E-state index in [0.29, 0.717) is 6.54 Å². The molecule has 1 N–H and O–H groups in total. The molecule has 1 aromatic rings. The average molecular weight is 338 g/mol. The third-order valence-corrected chi connectivity index (χ3v) is 4.53. The Bertz CT molecular complexity index is 482. The molecule has 0 aliphatic heterocycles. The predicted molar refractivity (Wildman–Crippen MR) is 75.2 cm³/mol. The molecule has 7 heteroatoms. The molecule has 104 valence electrons. The molecule has 0 radical (unpaired) electrons. The van der Waals surface area contributed by atoms with Crippen molar-refractivity contribution in [3.05, 3.63) is 12.5 Å². The Morgan fingerprint density at radius 2 is 2.17 bits per heavy atom. The Morgan fingerprint density at radius 3 is 2.67 bits per heavy atom. The Hall–Kier alpha value is -0.400. The van der Waals surface area contributed by atoms with Gasteiger partial charge in [0, 0.05) is 25.1 Å². The van der Waals surface area contributed by atoms with E-state index in [0.717, 1.165) is 18.2 Å². The number of halogens is 1. The number of nitrogens with zero attached hydrogens (tertiary/aromatic N) is 2. The molecule has 0 aliphatic carbocycles. The van der Waals surface area contributed by atoms with Crippen molar-refractivity contribution in [3.8, 4) is 0 Å². The first-order chi connectivity index (χ1) is 8.27. The number of aryl methyl sites for hydroxylation is 1. The molecular weight excluding hydrogens is 318 g/mol. The molecule has 0 spiro atoms. The first-order valence-electron chi connectivity index (χ1n) is 5.80. The number of hydrogen-bond donors (Lipinski definition) is 1. The smallest absolute Gasteiger partial charge is 0.259 e. The molecule has 0 fully saturated rings. The topological polar surface area (TPSA) is 64.0 Å². The molecule has 0 bridgehead atoms. The van der Waals surface area contributed by atoms with Gasteiger partial charge >= 0.3 is 0 Å². The van der Waals surface area contributed by atoms with Crippen molar-refractivity contribution >= 4 is 26.0 Å². The van der Waals surface area contributed by atoms with Gasteiger partial charge in [0.15, 0.2) is 5.03 Å². The van der Waals surface area contributed by atoms with Crippen LogP contribution in [0.2, 0.25) is 0 Å². The van der Waals surface area contributed by atoms with Gasteiger partial charge in [-0.1, -0.05) is 29.8 Å². The summed E-state index contributed by atoms with van der Waals surface area (Å²) in [5.41, 5.74) is -0.0599. The van der Waals surface area contributed by atoms with E-state index in [2.05, 4.69) is 39.5 Å². The van der Waals surface area contributed by atoms with E-state index in [4.69, 9.17) is 0 Å². The minimum atomic E-state index is -3.49. The zero-order valence-electron chi connectivity index (χ0n) is 11.0. The summed E-state index contributed by atoms with van der Waals surface area (Å²) in [5.74, 6) is 0. The van der Waals surface area contributed by atoms with Crippen LogP contribution in [0.3, 0.4) is 0 Å². The van der Waals surface area contributed by atoms with Crippen LogP contribution in [0, 0.1) is 5.41 Å². The summed E-state index contributed by atoms with van der Waals surface area (Å²) in [7, 11) is -1.75. The minimum absolute atomic E-state index is 0.0599. The summed E-state index contributed by atoms with van der Waals surface area (Å²) in [5, 5.41) is 1.00. The van der Waals surface area contributed by atoms with Crippen molar-refractivity contribution in [2.24, 2.45) is 12.5 Å². The van der Waals surface area contributed by atoms with Crippen molar-refractivity contribution in [1.82, 2.24) is 14.3 Å². The molecule has 1 rings (SSSR count). The van der Waals surface area contributed by atoms with Gasteiger partial charge in [0.25, 0.3) is 10.0 Å². The van der Waals surface area contributed by atoms with Crippen molar-refractivity contribution in [2.45, 2.75) is 31.7 Å². The number of rotatable bonds is 7. The molecule has 1 heterocycles. The molecule has 0 atom stereocenters. The van der Waals surface area contributed by atoms with Crippen LogP contribution >= 0.6 is 15.9 Å². The molecule has 0 saturated carbocycles. The van der Waals surface area contributed by atoms with E-state index in [1.54, 1.807) is 11.6 Å². The van der Waals surface area contributed by atoms with Crippen LogP contribution in [-0.2, 0) is 17.1 Å². The zero-order valence-corrected chi connectivity index (χ0v) is 13.4. The maximum absolute atomic E-state index is 12.0. The van der Waals surface area contributed by atoms with Crippen molar-refractivity contribution in [3.63, 3.8) is 0 Å². The highest BCUT2D eigenvalue weighted by atomic mass is 79.9. The summed E-state index contributed by atoms with van der Waals surface area (Å²) in [6.45, 7) is 4.52. The largest absolute Gasteiger partial charge is 0.339 e. The van der Waals surface area contributed by atoms with Crippen LogP contribution in [0.5, 0.6) is 0 Å². The molecular formula is C11H20BrN3O2S. The van der Waals surface area contributed by atoms with Crippen molar-refractivity contribution in [2.75, 3.05) is 11.9 Å². The Kier molecular flexibility index (Phi) is 5.36. The van der Waals surface area contributed by atoms with Crippen molar-refractivity contribution in [1.29, 1.82) is 0 Å². The molecule has 1 aromatic heterocycles. The number of nitrogens with one attached hydrogen (secondary N) is 1. The average Bonchev–Trinajstić information content (AvgIpc) is 2.72. The van der Waals surface area contributed by atoms with Gasteiger partial charge in [-0.3, -0.25) is 0 Å². The molecule has 0 aliphatic rings. The fraction of sp³-hybridized carbons (Fsp3) is 0.727. The first-order valence-corrected chi connectivity index (χ1v) is 8.41. The van der Waals surface area contributed by atoms with Crippen LogP contribution in [0.4, 0.5) is 0 Å². The lowest BCUT2D eigenvalue weighted by atomic mass is 9.88. The van der Waals surface area contributed by atoms with E-state index in [9.17, 15) is 8.42 Å². The van der Waals surface area contributed by atoms with Crippen LogP contribution in [0.25, 0.3) is 0 Å². The molecule has 5 nitrogen and oxygen atoms in total. The molecule has 0 aromatic carbocycles. The quantitative estimate of drug-likeness (QED) is 0.773. The van der Waals surface area contributed by atoms with Gasteiger partial charge in [0.2, 0.25) is 0 Å².